The van der Waals surface area contributed by atoms with E-state index < -0.39 is 22.5 Å². The molecule has 0 spiro atoms. The van der Waals surface area contributed by atoms with E-state index in [0.717, 1.165) is 29.3 Å². The molecule has 2 aromatic rings. The highest BCUT2D eigenvalue weighted by Crippen LogP contribution is 2.33. The zero-order chi connectivity index (χ0) is 20.3. The zero-order valence-corrected chi connectivity index (χ0v) is 17.7. The van der Waals surface area contributed by atoms with E-state index in [1.165, 1.54) is 18.9 Å². The Hall–Kier alpha value is -1.96. The van der Waals surface area contributed by atoms with Gasteiger partial charge in [0.1, 0.15) is 6.54 Å². The fourth-order valence-corrected chi connectivity index (χ4v) is 4.44. The van der Waals surface area contributed by atoms with E-state index in [1.807, 2.05) is 24.3 Å². The van der Waals surface area contributed by atoms with Gasteiger partial charge in [0.25, 0.3) is 0 Å². The van der Waals surface area contributed by atoms with Crippen LogP contribution >= 0.6 is 23.2 Å². The van der Waals surface area contributed by atoms with Crippen molar-refractivity contribution >= 4 is 56.2 Å². The summed E-state index contributed by atoms with van der Waals surface area (Å²) in [7, 11) is -3.74. The summed E-state index contributed by atoms with van der Waals surface area (Å²) < 4.78 is 25.4. The normalized spacial score (nSPS) is 14.2. The lowest BCUT2D eigenvalue weighted by molar-refractivity contribution is -0.114. The van der Waals surface area contributed by atoms with Gasteiger partial charge in [0.05, 0.1) is 22.0 Å². The van der Waals surface area contributed by atoms with Crippen LogP contribution in [-0.2, 0) is 14.8 Å². The van der Waals surface area contributed by atoms with Gasteiger partial charge in [-0.05, 0) is 49.2 Å². The minimum Gasteiger partial charge on any atom is -0.372 e. The largest absolute Gasteiger partial charge is 0.372 e. The molecule has 9 heteroatoms. The van der Waals surface area contributed by atoms with Crippen LogP contribution in [0.4, 0.5) is 17.1 Å². The van der Waals surface area contributed by atoms with E-state index in [2.05, 4.69) is 10.2 Å². The van der Waals surface area contributed by atoms with Gasteiger partial charge in [-0.25, -0.2) is 8.42 Å². The van der Waals surface area contributed by atoms with Gasteiger partial charge < -0.3 is 10.2 Å². The number of nitrogens with zero attached hydrogens (tertiary/aromatic N) is 2. The summed E-state index contributed by atoms with van der Waals surface area (Å²) in [6.07, 6.45) is 3.39. The Balaban J connectivity index is 1.73. The number of benzene rings is 2. The number of anilines is 3. The number of carbonyl (C=O) groups excluding carboxylic acids is 1. The molecule has 1 heterocycles. The predicted octanol–water partition coefficient (Wildman–Crippen LogP) is 4.00. The molecule has 6 nitrogen and oxygen atoms in total. The van der Waals surface area contributed by atoms with Gasteiger partial charge in [-0.3, -0.25) is 9.10 Å². The van der Waals surface area contributed by atoms with Crippen molar-refractivity contribution in [1.82, 2.24) is 0 Å². The van der Waals surface area contributed by atoms with Gasteiger partial charge in [-0.15, -0.1) is 0 Å². The number of hydrogen-bond acceptors (Lipinski definition) is 4. The van der Waals surface area contributed by atoms with Gasteiger partial charge in [-0.1, -0.05) is 29.3 Å². The average Bonchev–Trinajstić information content (AvgIpc) is 3.17. The molecule has 0 aliphatic carbocycles. The first kappa shape index (κ1) is 20.8. The number of sulfonamides is 1. The lowest BCUT2D eigenvalue weighted by Crippen LogP contribution is -2.37. The Labute approximate surface area is 175 Å². The molecule has 0 aromatic heterocycles. The van der Waals surface area contributed by atoms with Crippen LogP contribution in [0.25, 0.3) is 0 Å². The van der Waals surface area contributed by atoms with Crippen molar-refractivity contribution in [3.8, 4) is 0 Å². The number of hydrogen-bond donors (Lipinski definition) is 1. The van der Waals surface area contributed by atoms with E-state index in [9.17, 15) is 13.2 Å². The van der Waals surface area contributed by atoms with Crippen molar-refractivity contribution in [3.63, 3.8) is 0 Å². The fraction of sp³-hybridized carbons (Fsp3) is 0.316. The molecule has 0 saturated carbocycles. The van der Waals surface area contributed by atoms with Crippen molar-refractivity contribution in [2.75, 3.05) is 40.4 Å². The summed E-state index contributed by atoms with van der Waals surface area (Å²) in [6, 6.07) is 12.2. The summed E-state index contributed by atoms with van der Waals surface area (Å²) in [4.78, 5) is 14.8. The number of carbonyl (C=O) groups is 1. The van der Waals surface area contributed by atoms with Gasteiger partial charge in [0, 0.05) is 24.5 Å². The predicted molar refractivity (Wildman–Crippen MR) is 115 cm³/mol. The van der Waals surface area contributed by atoms with Crippen molar-refractivity contribution in [2.45, 2.75) is 12.8 Å². The maximum absolute atomic E-state index is 12.5. The third-order valence-electron chi connectivity index (χ3n) is 4.51. The molecule has 2 aromatic carbocycles. The minimum absolute atomic E-state index is 0.0809. The fourth-order valence-electron chi connectivity index (χ4n) is 3.13. The number of amides is 1. The molecule has 1 N–H and O–H groups in total. The van der Waals surface area contributed by atoms with Crippen LogP contribution in [0.3, 0.4) is 0 Å². The Morgan fingerprint density at radius 3 is 2.36 bits per heavy atom. The first-order valence-corrected chi connectivity index (χ1v) is 11.4. The lowest BCUT2D eigenvalue weighted by atomic mass is 10.2. The Bertz CT molecular complexity index is 959. The highest BCUT2D eigenvalue weighted by atomic mass is 35.5. The number of nitrogens with one attached hydrogen (secondary N) is 1. The molecule has 0 radical (unpaired) electrons. The highest BCUT2D eigenvalue weighted by Gasteiger charge is 2.24. The summed E-state index contributed by atoms with van der Waals surface area (Å²) in [5.74, 6) is -0.476. The van der Waals surface area contributed by atoms with E-state index in [1.54, 1.807) is 12.1 Å². The maximum Gasteiger partial charge on any atom is 0.245 e. The quantitative estimate of drug-likeness (QED) is 0.735. The van der Waals surface area contributed by atoms with E-state index in [-0.39, 0.29) is 15.7 Å². The standard InChI is InChI=1S/C19H21Cl2N3O3S/c1-28(26,27)24(17-6-4-5-16(20)19(17)21)13-18(25)22-14-7-9-15(10-8-14)23-11-2-3-12-23/h4-10H,2-3,11-13H2,1H3,(H,22,25). The van der Waals surface area contributed by atoms with Crippen molar-refractivity contribution in [2.24, 2.45) is 0 Å². The third-order valence-corrected chi connectivity index (χ3v) is 6.45. The van der Waals surface area contributed by atoms with E-state index in [4.69, 9.17) is 23.2 Å². The van der Waals surface area contributed by atoms with Crippen LogP contribution < -0.4 is 14.5 Å². The molecule has 1 aliphatic rings. The van der Waals surface area contributed by atoms with Crippen LogP contribution in [0.2, 0.25) is 10.0 Å². The van der Waals surface area contributed by atoms with Gasteiger partial charge in [0.2, 0.25) is 15.9 Å². The smallest absolute Gasteiger partial charge is 0.245 e. The second-order valence-corrected chi connectivity index (χ2v) is 9.32. The molecule has 1 aliphatic heterocycles. The first-order valence-electron chi connectivity index (χ1n) is 8.82. The molecular formula is C19H21Cl2N3O3S. The second kappa shape index (κ2) is 8.59. The average molecular weight is 442 g/mol. The molecule has 0 unspecified atom stereocenters. The molecule has 1 amide bonds. The van der Waals surface area contributed by atoms with Gasteiger partial charge in [0.15, 0.2) is 0 Å². The second-order valence-electron chi connectivity index (χ2n) is 6.63. The van der Waals surface area contributed by atoms with Crippen molar-refractivity contribution < 1.29 is 13.2 Å². The number of rotatable bonds is 6. The zero-order valence-electron chi connectivity index (χ0n) is 15.4. The molecule has 1 fully saturated rings. The summed E-state index contributed by atoms with van der Waals surface area (Å²) in [6.45, 7) is 1.66. The molecule has 0 atom stereocenters. The van der Waals surface area contributed by atoms with Crippen molar-refractivity contribution in [1.29, 1.82) is 0 Å². The molecular weight excluding hydrogens is 421 g/mol. The minimum atomic E-state index is -3.74. The maximum atomic E-state index is 12.5. The molecule has 150 valence electrons. The third kappa shape index (κ3) is 4.90. The Morgan fingerprint density at radius 2 is 1.75 bits per heavy atom. The SMILES string of the molecule is CS(=O)(=O)N(CC(=O)Nc1ccc(N2CCCC2)cc1)c1cccc(Cl)c1Cl. The van der Waals surface area contributed by atoms with E-state index >= 15 is 0 Å². The Morgan fingerprint density at radius 1 is 1.11 bits per heavy atom. The van der Waals surface area contributed by atoms with Crippen molar-refractivity contribution in [3.05, 3.63) is 52.5 Å². The van der Waals surface area contributed by atoms with Gasteiger partial charge in [-0.2, -0.15) is 0 Å². The van der Waals surface area contributed by atoms with Crippen LogP contribution in [0.5, 0.6) is 0 Å². The Kier molecular flexibility index (Phi) is 6.37. The van der Waals surface area contributed by atoms with Crippen LogP contribution in [0, 0.1) is 0 Å². The topological polar surface area (TPSA) is 69.7 Å². The number of halogens is 2. The first-order chi connectivity index (χ1) is 13.3. The van der Waals surface area contributed by atoms with Crippen LogP contribution in [0.1, 0.15) is 12.8 Å². The molecule has 28 heavy (non-hydrogen) atoms. The summed E-state index contributed by atoms with van der Waals surface area (Å²) >= 11 is 12.1. The molecule has 0 bridgehead atoms. The van der Waals surface area contributed by atoms with Crippen LogP contribution in [-0.4, -0.2) is 40.2 Å². The highest BCUT2D eigenvalue weighted by molar-refractivity contribution is 7.92. The summed E-state index contributed by atoms with van der Waals surface area (Å²) in [5, 5.41) is 3.02. The van der Waals surface area contributed by atoms with E-state index in [0.29, 0.717) is 5.69 Å². The molecule has 3 rings (SSSR count). The lowest BCUT2D eigenvalue weighted by Gasteiger charge is -2.23. The summed E-state index contributed by atoms with van der Waals surface area (Å²) in [5.41, 5.74) is 1.87. The van der Waals surface area contributed by atoms with Crippen LogP contribution in [0.15, 0.2) is 42.5 Å². The monoisotopic (exact) mass is 441 g/mol. The molecule has 1 saturated heterocycles. The van der Waals surface area contributed by atoms with Gasteiger partial charge >= 0.3 is 0 Å².